The van der Waals surface area contributed by atoms with Crippen LogP contribution in [0.1, 0.15) is 67.3 Å². The molecule has 0 aliphatic rings. The molecular formula is C40H37NO6. The van der Waals surface area contributed by atoms with E-state index in [9.17, 15) is 19.2 Å². The highest BCUT2D eigenvalue weighted by Crippen LogP contribution is 2.38. The number of para-hydroxylation sites is 1. The lowest BCUT2D eigenvalue weighted by Gasteiger charge is -2.28. The minimum Gasteiger partial charge on any atom is -0.453 e. The zero-order valence-electron chi connectivity index (χ0n) is 26.9. The van der Waals surface area contributed by atoms with Crippen molar-refractivity contribution in [3.63, 3.8) is 0 Å². The van der Waals surface area contributed by atoms with Crippen molar-refractivity contribution in [3.05, 3.63) is 144 Å². The van der Waals surface area contributed by atoms with Crippen molar-refractivity contribution in [2.75, 3.05) is 4.90 Å². The number of aryl methyl sites for hydroxylation is 1. The molecule has 0 N–H and O–H groups in total. The van der Waals surface area contributed by atoms with Crippen molar-refractivity contribution in [3.8, 4) is 0 Å². The van der Waals surface area contributed by atoms with Gasteiger partial charge in [-0.2, -0.15) is 0 Å². The van der Waals surface area contributed by atoms with Crippen LogP contribution in [0.25, 0.3) is 10.8 Å². The van der Waals surface area contributed by atoms with Gasteiger partial charge in [0.15, 0.2) is 6.10 Å². The molecular weight excluding hydrogens is 590 g/mol. The minimum absolute atomic E-state index is 0.0663. The van der Waals surface area contributed by atoms with Crippen LogP contribution in [-0.4, -0.2) is 29.2 Å². The molecule has 5 aromatic rings. The molecule has 1 amide bonds. The number of ketones is 1. The molecule has 0 spiro atoms. The molecule has 0 radical (unpaired) electrons. The number of anilines is 2. The number of esters is 2. The van der Waals surface area contributed by atoms with Crippen molar-refractivity contribution in [1.29, 1.82) is 0 Å². The van der Waals surface area contributed by atoms with Crippen molar-refractivity contribution in [1.82, 2.24) is 0 Å². The van der Waals surface area contributed by atoms with E-state index in [1.54, 1.807) is 58.0 Å². The van der Waals surface area contributed by atoms with Crippen LogP contribution in [-0.2, 0) is 30.3 Å². The summed E-state index contributed by atoms with van der Waals surface area (Å²) in [5.41, 5.74) is 2.17. The standard InChI is InChI=1S/C40H37NO6/c1-27(42)23-24-28-25-26-35(32-20-12-11-19-31(28)32)41(37(43)39(45)47-40(2,3)4)34-22-14-13-21-33(34)38(44)46-36(29-15-7-5-8-16-29)30-17-9-6-10-18-30/h5-22,25-26,36H,23-24H2,1-4H3. The molecule has 0 fully saturated rings. The molecule has 7 nitrogen and oxygen atoms in total. The Morgan fingerprint density at radius 3 is 1.81 bits per heavy atom. The lowest BCUT2D eigenvalue weighted by Crippen LogP contribution is -2.38. The Hall–Kier alpha value is -5.56. The number of amides is 1. The summed E-state index contributed by atoms with van der Waals surface area (Å²) in [5, 5.41) is 1.49. The molecule has 0 unspecified atom stereocenters. The molecule has 0 heterocycles. The minimum atomic E-state index is -1.07. The van der Waals surface area contributed by atoms with E-state index in [4.69, 9.17) is 9.47 Å². The zero-order valence-corrected chi connectivity index (χ0v) is 26.9. The van der Waals surface area contributed by atoms with Crippen LogP contribution in [0.5, 0.6) is 0 Å². The fourth-order valence-electron chi connectivity index (χ4n) is 5.43. The van der Waals surface area contributed by atoms with Gasteiger partial charge in [-0.05, 0) is 74.4 Å². The van der Waals surface area contributed by atoms with E-state index in [1.165, 1.54) is 4.90 Å². The monoisotopic (exact) mass is 627 g/mol. The molecule has 0 aliphatic carbocycles. The zero-order chi connectivity index (χ0) is 33.6. The molecule has 0 saturated heterocycles. The molecule has 0 aliphatic heterocycles. The van der Waals surface area contributed by atoms with Crippen LogP contribution < -0.4 is 4.90 Å². The number of benzene rings is 5. The number of hydrogen-bond donors (Lipinski definition) is 0. The Kier molecular flexibility index (Phi) is 9.95. The van der Waals surface area contributed by atoms with Crippen LogP contribution in [0.2, 0.25) is 0 Å². The van der Waals surface area contributed by atoms with Gasteiger partial charge in [0.2, 0.25) is 0 Å². The number of fused-ring (bicyclic) bond motifs is 1. The summed E-state index contributed by atoms with van der Waals surface area (Å²) < 4.78 is 11.7. The van der Waals surface area contributed by atoms with E-state index < -0.39 is 29.6 Å². The average Bonchev–Trinajstić information content (AvgIpc) is 3.06. The SMILES string of the molecule is CC(=O)CCc1ccc(N(C(=O)C(=O)OC(C)(C)C)c2ccccc2C(=O)OC(c2ccccc2)c2ccccc2)c2ccccc12. The third-order valence-electron chi connectivity index (χ3n) is 7.55. The molecule has 7 heteroatoms. The maximum Gasteiger partial charge on any atom is 0.398 e. The molecule has 238 valence electrons. The smallest absolute Gasteiger partial charge is 0.398 e. The fraction of sp³-hybridized carbons (Fsp3) is 0.200. The fourth-order valence-corrected chi connectivity index (χ4v) is 5.43. The van der Waals surface area contributed by atoms with Crippen LogP contribution in [0, 0.1) is 0 Å². The molecule has 5 rings (SSSR count). The van der Waals surface area contributed by atoms with Gasteiger partial charge < -0.3 is 14.3 Å². The molecule has 0 atom stereocenters. The molecule has 0 bridgehead atoms. The third-order valence-corrected chi connectivity index (χ3v) is 7.55. The highest BCUT2D eigenvalue weighted by Gasteiger charge is 2.34. The third kappa shape index (κ3) is 7.82. The van der Waals surface area contributed by atoms with E-state index in [-0.39, 0.29) is 17.0 Å². The number of rotatable bonds is 9. The molecule has 0 saturated carbocycles. The molecule has 47 heavy (non-hydrogen) atoms. The van der Waals surface area contributed by atoms with E-state index in [2.05, 4.69) is 0 Å². The van der Waals surface area contributed by atoms with E-state index in [1.807, 2.05) is 91.0 Å². The van der Waals surface area contributed by atoms with Gasteiger partial charge in [0.05, 0.1) is 16.9 Å². The van der Waals surface area contributed by atoms with E-state index in [0.717, 1.165) is 22.1 Å². The van der Waals surface area contributed by atoms with Gasteiger partial charge in [0.25, 0.3) is 0 Å². The summed E-state index contributed by atoms with van der Waals surface area (Å²) in [6, 6.07) is 36.4. The summed E-state index contributed by atoms with van der Waals surface area (Å²) in [6.45, 7) is 6.59. The number of ether oxygens (including phenoxy) is 2. The van der Waals surface area contributed by atoms with Crippen LogP contribution >= 0.6 is 0 Å². The summed E-state index contributed by atoms with van der Waals surface area (Å²) >= 11 is 0. The summed E-state index contributed by atoms with van der Waals surface area (Å²) in [4.78, 5) is 54.7. The first-order valence-corrected chi connectivity index (χ1v) is 15.5. The van der Waals surface area contributed by atoms with Gasteiger partial charge in [0, 0.05) is 11.8 Å². The highest BCUT2D eigenvalue weighted by molar-refractivity contribution is 6.41. The van der Waals surface area contributed by atoms with Crippen molar-refractivity contribution in [2.45, 2.75) is 52.2 Å². The largest absolute Gasteiger partial charge is 0.453 e. The van der Waals surface area contributed by atoms with Gasteiger partial charge in [-0.25, -0.2) is 9.59 Å². The quantitative estimate of drug-likeness (QED) is 0.121. The van der Waals surface area contributed by atoms with Crippen LogP contribution in [0.4, 0.5) is 11.4 Å². The first kappa shape index (κ1) is 32.8. The predicted molar refractivity (Wildman–Crippen MR) is 183 cm³/mol. The average molecular weight is 628 g/mol. The van der Waals surface area contributed by atoms with E-state index >= 15 is 0 Å². The van der Waals surface area contributed by atoms with E-state index in [0.29, 0.717) is 23.9 Å². The number of carbonyl (C=O) groups excluding carboxylic acids is 4. The second kappa shape index (κ2) is 14.3. The topological polar surface area (TPSA) is 90.0 Å². The lowest BCUT2D eigenvalue weighted by atomic mass is 9.97. The second-order valence-electron chi connectivity index (χ2n) is 12.3. The maximum atomic E-state index is 14.2. The van der Waals surface area contributed by atoms with Gasteiger partial charge in [-0.3, -0.25) is 9.69 Å². The number of Topliss-reactive ketones (excluding diaryl/α,β-unsaturated/α-hetero) is 1. The van der Waals surface area contributed by atoms with Crippen molar-refractivity contribution in [2.24, 2.45) is 0 Å². The maximum absolute atomic E-state index is 14.2. The van der Waals surface area contributed by atoms with Crippen molar-refractivity contribution < 1.29 is 28.7 Å². The lowest BCUT2D eigenvalue weighted by molar-refractivity contribution is -0.162. The summed E-state index contributed by atoms with van der Waals surface area (Å²) in [5.74, 6) is -2.65. The van der Waals surface area contributed by atoms with Crippen molar-refractivity contribution >= 4 is 45.8 Å². The second-order valence-corrected chi connectivity index (χ2v) is 12.3. The first-order chi connectivity index (χ1) is 22.5. The first-order valence-electron chi connectivity index (χ1n) is 15.5. The van der Waals surface area contributed by atoms with Gasteiger partial charge in [-0.1, -0.05) is 103 Å². The number of hydrogen-bond acceptors (Lipinski definition) is 6. The number of nitrogens with zero attached hydrogens (tertiary/aromatic N) is 1. The Morgan fingerprint density at radius 2 is 1.21 bits per heavy atom. The predicted octanol–water partition coefficient (Wildman–Crippen LogP) is 8.31. The van der Waals surface area contributed by atoms with Crippen LogP contribution in [0.3, 0.4) is 0 Å². The summed E-state index contributed by atoms with van der Waals surface area (Å²) in [7, 11) is 0. The molecule has 5 aromatic carbocycles. The Balaban J connectivity index is 1.64. The van der Waals surface area contributed by atoms with Gasteiger partial charge in [0.1, 0.15) is 11.4 Å². The van der Waals surface area contributed by atoms with Crippen LogP contribution in [0.15, 0.2) is 121 Å². The Labute approximate surface area is 274 Å². The summed E-state index contributed by atoms with van der Waals surface area (Å²) in [6.07, 6.45) is 0.150. The normalized spacial score (nSPS) is 11.3. The highest BCUT2D eigenvalue weighted by atomic mass is 16.6. The molecule has 0 aromatic heterocycles. The Morgan fingerprint density at radius 1 is 0.660 bits per heavy atom. The van der Waals surface area contributed by atoms with Gasteiger partial charge in [-0.15, -0.1) is 0 Å². The Bertz CT molecular complexity index is 1870. The number of carbonyl (C=O) groups is 4. The van der Waals surface area contributed by atoms with Gasteiger partial charge >= 0.3 is 17.8 Å².